The van der Waals surface area contributed by atoms with Crippen molar-refractivity contribution in [3.63, 3.8) is 0 Å². The molecule has 1 aromatic rings. The van der Waals surface area contributed by atoms with Gasteiger partial charge in [0.15, 0.2) is 0 Å². The molecule has 15 heavy (non-hydrogen) atoms. The van der Waals surface area contributed by atoms with E-state index in [4.69, 9.17) is 0 Å². The highest BCUT2D eigenvalue weighted by atomic mass is 16.2. The Morgan fingerprint density at radius 2 is 2.13 bits per heavy atom. The molecule has 1 atom stereocenters. The van der Waals surface area contributed by atoms with E-state index in [1.165, 1.54) is 0 Å². The van der Waals surface area contributed by atoms with Crippen molar-refractivity contribution in [1.82, 2.24) is 10.3 Å². The van der Waals surface area contributed by atoms with Gasteiger partial charge in [-0.1, -0.05) is 13.8 Å². The summed E-state index contributed by atoms with van der Waals surface area (Å²) in [6, 6.07) is 3.83. The van der Waals surface area contributed by atoms with Crippen LogP contribution in [-0.4, -0.2) is 10.9 Å². The molecule has 0 unspecified atom stereocenters. The summed E-state index contributed by atoms with van der Waals surface area (Å²) < 4.78 is 0. The predicted octanol–water partition coefficient (Wildman–Crippen LogP) is 1.74. The lowest BCUT2D eigenvalue weighted by Gasteiger charge is -2.06. The van der Waals surface area contributed by atoms with E-state index in [0.717, 1.165) is 12.0 Å². The smallest absolute Gasteiger partial charge is 0.223 e. The third-order valence-corrected chi connectivity index (χ3v) is 3.05. The molecule has 0 spiro atoms. The van der Waals surface area contributed by atoms with E-state index in [2.05, 4.69) is 24.1 Å². The number of hydrogen-bond acceptors (Lipinski definition) is 2. The van der Waals surface area contributed by atoms with Gasteiger partial charge in [0.2, 0.25) is 5.91 Å². The molecule has 1 heterocycles. The topological polar surface area (TPSA) is 42.0 Å². The molecule has 1 aliphatic rings. The zero-order valence-corrected chi connectivity index (χ0v) is 9.16. The number of carbonyl (C=O) groups is 1. The number of amides is 1. The number of rotatable bonds is 3. The number of aromatic nitrogens is 1. The first kappa shape index (κ1) is 10.1. The van der Waals surface area contributed by atoms with Gasteiger partial charge in [-0.25, -0.2) is 0 Å². The molecule has 0 aromatic carbocycles. The fourth-order valence-corrected chi connectivity index (χ4v) is 1.73. The molecule has 1 amide bonds. The fraction of sp³-hybridized carbons (Fsp3) is 0.500. The molecular weight excluding hydrogens is 188 g/mol. The van der Waals surface area contributed by atoms with E-state index in [-0.39, 0.29) is 17.2 Å². The maximum atomic E-state index is 11.7. The number of pyridine rings is 1. The normalized spacial score (nSPS) is 22.1. The standard InChI is InChI=1S/C12H16N2O/c1-12(2)7-10(12)11(15)14-8-9-3-5-13-6-4-9/h3-6,10H,7-8H2,1-2H3,(H,14,15)/t10-/m1/s1. The Morgan fingerprint density at radius 3 is 2.67 bits per heavy atom. The van der Waals surface area contributed by atoms with Gasteiger partial charge >= 0.3 is 0 Å². The van der Waals surface area contributed by atoms with Gasteiger partial charge in [-0.15, -0.1) is 0 Å². The van der Waals surface area contributed by atoms with Crippen molar-refractivity contribution < 1.29 is 4.79 Å². The molecule has 1 saturated carbocycles. The van der Waals surface area contributed by atoms with E-state index >= 15 is 0 Å². The summed E-state index contributed by atoms with van der Waals surface area (Å²) >= 11 is 0. The van der Waals surface area contributed by atoms with Crippen LogP contribution in [0.5, 0.6) is 0 Å². The molecule has 1 N–H and O–H groups in total. The molecule has 0 radical (unpaired) electrons. The second-order valence-corrected chi connectivity index (χ2v) is 4.82. The lowest BCUT2D eigenvalue weighted by molar-refractivity contribution is -0.123. The Morgan fingerprint density at radius 1 is 1.53 bits per heavy atom. The third kappa shape index (κ3) is 2.35. The molecule has 3 nitrogen and oxygen atoms in total. The maximum absolute atomic E-state index is 11.7. The van der Waals surface area contributed by atoms with Crippen molar-refractivity contribution in [3.8, 4) is 0 Å². The largest absolute Gasteiger partial charge is 0.352 e. The predicted molar refractivity (Wildman–Crippen MR) is 58.0 cm³/mol. The van der Waals surface area contributed by atoms with Crippen LogP contribution in [0.15, 0.2) is 24.5 Å². The van der Waals surface area contributed by atoms with E-state index in [1.807, 2.05) is 12.1 Å². The molecule has 2 rings (SSSR count). The van der Waals surface area contributed by atoms with Crippen LogP contribution < -0.4 is 5.32 Å². The Labute approximate surface area is 89.9 Å². The van der Waals surface area contributed by atoms with Gasteiger partial charge in [0, 0.05) is 24.9 Å². The van der Waals surface area contributed by atoms with Gasteiger partial charge < -0.3 is 5.32 Å². The van der Waals surface area contributed by atoms with Crippen molar-refractivity contribution >= 4 is 5.91 Å². The number of nitrogens with one attached hydrogen (secondary N) is 1. The van der Waals surface area contributed by atoms with Crippen molar-refractivity contribution in [3.05, 3.63) is 30.1 Å². The quantitative estimate of drug-likeness (QED) is 0.815. The summed E-state index contributed by atoms with van der Waals surface area (Å²) in [4.78, 5) is 15.6. The van der Waals surface area contributed by atoms with E-state index in [1.54, 1.807) is 12.4 Å². The van der Waals surface area contributed by atoms with Gasteiger partial charge in [0.1, 0.15) is 0 Å². The van der Waals surface area contributed by atoms with Crippen LogP contribution in [0.25, 0.3) is 0 Å². The number of nitrogens with zero attached hydrogens (tertiary/aromatic N) is 1. The minimum Gasteiger partial charge on any atom is -0.352 e. The van der Waals surface area contributed by atoms with Crippen molar-refractivity contribution in [1.29, 1.82) is 0 Å². The van der Waals surface area contributed by atoms with Crippen LogP contribution in [-0.2, 0) is 11.3 Å². The van der Waals surface area contributed by atoms with E-state index in [0.29, 0.717) is 6.54 Å². The first-order valence-electron chi connectivity index (χ1n) is 5.26. The SMILES string of the molecule is CC1(C)C[C@@H]1C(=O)NCc1ccncc1. The van der Waals surface area contributed by atoms with Gasteiger partial charge in [-0.05, 0) is 29.5 Å². The summed E-state index contributed by atoms with van der Waals surface area (Å²) in [6.45, 7) is 4.86. The lowest BCUT2D eigenvalue weighted by atomic mass is 10.1. The van der Waals surface area contributed by atoms with E-state index in [9.17, 15) is 4.79 Å². The minimum atomic E-state index is 0.178. The minimum absolute atomic E-state index is 0.178. The Balaban J connectivity index is 1.82. The Bertz CT molecular complexity index is 359. The summed E-state index contributed by atoms with van der Waals surface area (Å²) in [6.07, 6.45) is 4.49. The zero-order valence-electron chi connectivity index (χ0n) is 9.16. The molecular formula is C12H16N2O. The Kier molecular flexibility index (Phi) is 2.47. The van der Waals surface area contributed by atoms with Crippen LogP contribution in [0.3, 0.4) is 0 Å². The Hall–Kier alpha value is -1.38. The zero-order chi connectivity index (χ0) is 10.9. The highest BCUT2D eigenvalue weighted by Crippen LogP contribution is 2.51. The van der Waals surface area contributed by atoms with Crippen LogP contribution in [0.1, 0.15) is 25.8 Å². The molecule has 80 valence electrons. The van der Waals surface area contributed by atoms with Crippen LogP contribution in [0.2, 0.25) is 0 Å². The summed E-state index contributed by atoms with van der Waals surface area (Å²) in [7, 11) is 0. The average molecular weight is 204 g/mol. The molecule has 1 aromatic heterocycles. The molecule has 1 fully saturated rings. The summed E-state index contributed by atoms with van der Waals surface area (Å²) in [5.41, 5.74) is 1.30. The van der Waals surface area contributed by atoms with Gasteiger partial charge in [0.25, 0.3) is 0 Å². The van der Waals surface area contributed by atoms with Gasteiger partial charge in [0.05, 0.1) is 0 Å². The average Bonchev–Trinajstić information content (AvgIpc) is 2.86. The van der Waals surface area contributed by atoms with Crippen molar-refractivity contribution in [2.75, 3.05) is 0 Å². The summed E-state index contributed by atoms with van der Waals surface area (Å²) in [5.74, 6) is 0.385. The summed E-state index contributed by atoms with van der Waals surface area (Å²) in [5, 5.41) is 2.95. The molecule has 0 saturated heterocycles. The van der Waals surface area contributed by atoms with E-state index < -0.39 is 0 Å². The highest BCUT2D eigenvalue weighted by molar-refractivity contribution is 5.82. The maximum Gasteiger partial charge on any atom is 0.223 e. The lowest BCUT2D eigenvalue weighted by Crippen LogP contribution is -2.25. The second kappa shape index (κ2) is 3.65. The molecule has 0 bridgehead atoms. The van der Waals surface area contributed by atoms with Gasteiger partial charge in [-0.3, -0.25) is 9.78 Å². The van der Waals surface area contributed by atoms with Crippen LogP contribution in [0, 0.1) is 11.3 Å². The number of carbonyl (C=O) groups excluding carboxylic acids is 1. The van der Waals surface area contributed by atoms with Crippen molar-refractivity contribution in [2.24, 2.45) is 11.3 Å². The monoisotopic (exact) mass is 204 g/mol. The van der Waals surface area contributed by atoms with Gasteiger partial charge in [-0.2, -0.15) is 0 Å². The molecule has 0 aliphatic heterocycles. The third-order valence-electron chi connectivity index (χ3n) is 3.05. The fourth-order valence-electron chi connectivity index (χ4n) is 1.73. The van der Waals surface area contributed by atoms with Crippen LogP contribution >= 0.6 is 0 Å². The number of hydrogen-bond donors (Lipinski definition) is 1. The van der Waals surface area contributed by atoms with Crippen LogP contribution in [0.4, 0.5) is 0 Å². The van der Waals surface area contributed by atoms with Crippen molar-refractivity contribution in [2.45, 2.75) is 26.8 Å². The highest BCUT2D eigenvalue weighted by Gasteiger charge is 2.50. The molecule has 3 heteroatoms. The first-order chi connectivity index (χ1) is 7.09. The second-order valence-electron chi connectivity index (χ2n) is 4.82. The first-order valence-corrected chi connectivity index (χ1v) is 5.26. The molecule has 1 aliphatic carbocycles.